The number of hydrogen-bond donors (Lipinski definition) is 3. The molecule has 0 aliphatic heterocycles. The standard InChI is InChI=1S/C22H18ClN3O4/c1-29-20-10-18(21(30-2)9-16(20)23)25-12-13(11-24)22(28)26-17-7-3-6-15-14(17)5-4-8-19(15)27/h3-10,12,25,27H,1-2H3,(H,26,28)/b13-12-. The van der Waals surface area contributed by atoms with Crippen LogP contribution in [0.2, 0.25) is 5.02 Å². The Kier molecular flexibility index (Phi) is 6.30. The molecule has 0 heterocycles. The van der Waals surface area contributed by atoms with E-state index in [-0.39, 0.29) is 11.3 Å². The molecule has 152 valence electrons. The van der Waals surface area contributed by atoms with Crippen molar-refractivity contribution in [3.63, 3.8) is 0 Å². The maximum Gasteiger partial charge on any atom is 0.267 e. The van der Waals surface area contributed by atoms with E-state index in [1.54, 1.807) is 48.5 Å². The van der Waals surface area contributed by atoms with Crippen LogP contribution in [0.25, 0.3) is 10.8 Å². The molecule has 0 unspecified atom stereocenters. The Bertz CT molecular complexity index is 1180. The molecule has 30 heavy (non-hydrogen) atoms. The Morgan fingerprint density at radius 2 is 1.77 bits per heavy atom. The minimum absolute atomic E-state index is 0.102. The highest BCUT2D eigenvalue weighted by atomic mass is 35.5. The summed E-state index contributed by atoms with van der Waals surface area (Å²) in [5.74, 6) is 0.317. The van der Waals surface area contributed by atoms with E-state index >= 15 is 0 Å². The third-order valence-electron chi connectivity index (χ3n) is 4.36. The SMILES string of the molecule is COc1cc(N/C=C(/C#N)C(=O)Nc2cccc3c(O)cccc23)c(OC)cc1Cl. The van der Waals surface area contributed by atoms with Gasteiger partial charge in [0, 0.05) is 34.8 Å². The van der Waals surface area contributed by atoms with E-state index in [4.69, 9.17) is 21.1 Å². The summed E-state index contributed by atoms with van der Waals surface area (Å²) in [6.07, 6.45) is 1.27. The first-order valence-electron chi connectivity index (χ1n) is 8.79. The first-order chi connectivity index (χ1) is 14.5. The van der Waals surface area contributed by atoms with Gasteiger partial charge in [-0.05, 0) is 12.1 Å². The van der Waals surface area contributed by atoms with Crippen LogP contribution in [0, 0.1) is 11.3 Å². The van der Waals surface area contributed by atoms with Gasteiger partial charge in [-0.2, -0.15) is 5.26 Å². The fourth-order valence-corrected chi connectivity index (χ4v) is 3.09. The third-order valence-corrected chi connectivity index (χ3v) is 4.65. The van der Waals surface area contributed by atoms with Gasteiger partial charge >= 0.3 is 0 Å². The lowest BCUT2D eigenvalue weighted by atomic mass is 10.1. The van der Waals surface area contributed by atoms with Gasteiger partial charge in [0.15, 0.2) is 0 Å². The van der Waals surface area contributed by atoms with Crippen molar-refractivity contribution < 1.29 is 19.4 Å². The number of carbonyl (C=O) groups is 1. The maximum atomic E-state index is 12.6. The van der Waals surface area contributed by atoms with Crippen LogP contribution in [0.3, 0.4) is 0 Å². The molecule has 0 aliphatic carbocycles. The molecular formula is C22H18ClN3O4. The molecule has 7 nitrogen and oxygen atoms in total. The van der Waals surface area contributed by atoms with Crippen LogP contribution in [0.15, 0.2) is 60.3 Å². The van der Waals surface area contributed by atoms with Crippen molar-refractivity contribution in [1.82, 2.24) is 0 Å². The summed E-state index contributed by atoms with van der Waals surface area (Å²) in [5, 5.41) is 26.6. The summed E-state index contributed by atoms with van der Waals surface area (Å²) in [6, 6.07) is 15.2. The number of carbonyl (C=O) groups excluding carboxylic acids is 1. The molecule has 0 saturated heterocycles. The fourth-order valence-electron chi connectivity index (χ4n) is 2.86. The molecule has 0 atom stereocenters. The quantitative estimate of drug-likeness (QED) is 0.393. The number of amides is 1. The van der Waals surface area contributed by atoms with Crippen molar-refractivity contribution in [2.24, 2.45) is 0 Å². The lowest BCUT2D eigenvalue weighted by molar-refractivity contribution is -0.112. The van der Waals surface area contributed by atoms with Crippen LogP contribution in [0.4, 0.5) is 11.4 Å². The minimum Gasteiger partial charge on any atom is -0.507 e. The van der Waals surface area contributed by atoms with Gasteiger partial charge in [0.05, 0.1) is 24.9 Å². The van der Waals surface area contributed by atoms with E-state index in [0.29, 0.717) is 38.7 Å². The number of nitrogens with one attached hydrogen (secondary N) is 2. The Hall–Kier alpha value is -3.89. The Balaban J connectivity index is 1.87. The average molecular weight is 424 g/mol. The summed E-state index contributed by atoms with van der Waals surface area (Å²) in [4.78, 5) is 12.6. The highest BCUT2D eigenvalue weighted by Gasteiger charge is 2.14. The number of nitrogens with zero attached hydrogens (tertiary/aromatic N) is 1. The minimum atomic E-state index is -0.610. The van der Waals surface area contributed by atoms with Crippen LogP contribution >= 0.6 is 11.6 Å². The van der Waals surface area contributed by atoms with Crippen LogP contribution in [-0.2, 0) is 4.79 Å². The zero-order valence-electron chi connectivity index (χ0n) is 16.2. The number of anilines is 2. The van der Waals surface area contributed by atoms with Crippen LogP contribution in [0.1, 0.15) is 0 Å². The lowest BCUT2D eigenvalue weighted by Crippen LogP contribution is -2.15. The molecule has 0 fully saturated rings. The molecule has 1 amide bonds. The zero-order valence-corrected chi connectivity index (χ0v) is 16.9. The van der Waals surface area contributed by atoms with Gasteiger partial charge in [-0.15, -0.1) is 0 Å². The Morgan fingerprint density at radius 1 is 1.07 bits per heavy atom. The van der Waals surface area contributed by atoms with Gasteiger partial charge in [0.25, 0.3) is 5.91 Å². The van der Waals surface area contributed by atoms with E-state index in [1.165, 1.54) is 20.4 Å². The molecular weight excluding hydrogens is 406 g/mol. The summed E-state index contributed by atoms with van der Waals surface area (Å²) >= 11 is 6.09. The third kappa shape index (κ3) is 4.24. The Morgan fingerprint density at radius 3 is 2.47 bits per heavy atom. The number of phenols is 1. The van der Waals surface area contributed by atoms with E-state index in [9.17, 15) is 15.2 Å². The first-order valence-corrected chi connectivity index (χ1v) is 9.16. The van der Waals surface area contributed by atoms with Gasteiger partial charge in [-0.25, -0.2) is 0 Å². The fraction of sp³-hybridized carbons (Fsp3) is 0.0909. The van der Waals surface area contributed by atoms with Crippen molar-refractivity contribution in [2.75, 3.05) is 24.9 Å². The lowest BCUT2D eigenvalue weighted by Gasteiger charge is -2.12. The molecule has 3 aromatic carbocycles. The van der Waals surface area contributed by atoms with E-state index in [2.05, 4.69) is 10.6 Å². The highest BCUT2D eigenvalue weighted by Crippen LogP contribution is 2.36. The molecule has 0 spiro atoms. The van der Waals surface area contributed by atoms with E-state index in [0.717, 1.165) is 0 Å². The van der Waals surface area contributed by atoms with E-state index < -0.39 is 5.91 Å². The van der Waals surface area contributed by atoms with E-state index in [1.807, 2.05) is 6.07 Å². The van der Waals surface area contributed by atoms with Gasteiger partial charge in [-0.3, -0.25) is 4.79 Å². The number of phenolic OH excluding ortho intramolecular Hbond substituents is 1. The Labute approximate surface area is 178 Å². The molecule has 0 bridgehead atoms. The number of fused-ring (bicyclic) bond motifs is 1. The number of rotatable bonds is 6. The first kappa shape index (κ1) is 20.8. The number of ether oxygens (including phenoxy) is 2. The predicted octanol–water partition coefficient (Wildman–Crippen LogP) is 4.67. The second kappa shape index (κ2) is 9.07. The number of hydrogen-bond acceptors (Lipinski definition) is 6. The normalized spacial score (nSPS) is 10.9. The van der Waals surface area contributed by atoms with Gasteiger partial charge in [0.1, 0.15) is 28.9 Å². The topological polar surface area (TPSA) is 104 Å². The molecule has 0 saturated carbocycles. The largest absolute Gasteiger partial charge is 0.507 e. The molecule has 3 aromatic rings. The second-order valence-electron chi connectivity index (χ2n) is 6.13. The molecule has 8 heteroatoms. The molecule has 0 aromatic heterocycles. The van der Waals surface area contributed by atoms with Crippen LogP contribution in [0.5, 0.6) is 17.2 Å². The summed E-state index contributed by atoms with van der Waals surface area (Å²) in [6.45, 7) is 0. The van der Waals surface area contributed by atoms with Crippen molar-refractivity contribution >= 4 is 39.7 Å². The number of aromatic hydroxyl groups is 1. The zero-order chi connectivity index (χ0) is 21.7. The van der Waals surface area contributed by atoms with Crippen molar-refractivity contribution in [1.29, 1.82) is 5.26 Å². The average Bonchev–Trinajstić information content (AvgIpc) is 2.75. The number of benzene rings is 3. The predicted molar refractivity (Wildman–Crippen MR) is 116 cm³/mol. The van der Waals surface area contributed by atoms with Gasteiger partial charge in [-0.1, -0.05) is 35.9 Å². The monoisotopic (exact) mass is 423 g/mol. The van der Waals surface area contributed by atoms with Gasteiger partial charge in [0.2, 0.25) is 0 Å². The summed E-state index contributed by atoms with van der Waals surface area (Å²) in [7, 11) is 2.95. The summed E-state index contributed by atoms with van der Waals surface area (Å²) in [5.41, 5.74) is 0.776. The molecule has 3 rings (SSSR count). The maximum absolute atomic E-state index is 12.6. The number of halogens is 1. The van der Waals surface area contributed by atoms with Crippen molar-refractivity contribution in [2.45, 2.75) is 0 Å². The molecule has 0 radical (unpaired) electrons. The number of methoxy groups -OCH3 is 2. The van der Waals surface area contributed by atoms with Gasteiger partial charge < -0.3 is 25.2 Å². The molecule has 0 aliphatic rings. The molecule has 3 N–H and O–H groups in total. The highest BCUT2D eigenvalue weighted by molar-refractivity contribution is 6.32. The van der Waals surface area contributed by atoms with Crippen molar-refractivity contribution in [3.05, 3.63) is 65.3 Å². The smallest absolute Gasteiger partial charge is 0.267 e. The van der Waals surface area contributed by atoms with Crippen LogP contribution < -0.4 is 20.1 Å². The van der Waals surface area contributed by atoms with Crippen LogP contribution in [-0.4, -0.2) is 25.2 Å². The second-order valence-corrected chi connectivity index (χ2v) is 6.54. The number of nitriles is 1. The van der Waals surface area contributed by atoms with Crippen molar-refractivity contribution in [3.8, 4) is 23.3 Å². The summed E-state index contributed by atoms with van der Waals surface area (Å²) < 4.78 is 10.5.